The molecule has 0 bridgehead atoms. The van der Waals surface area contributed by atoms with E-state index >= 15 is 0 Å². The Hall–Kier alpha value is -5.05. The van der Waals surface area contributed by atoms with Crippen LogP contribution in [0.5, 0.6) is 11.8 Å². The Labute approximate surface area is 225 Å². The number of hydrogen-bond donors (Lipinski definition) is 2. The Morgan fingerprint density at radius 3 is 2.69 bits per heavy atom. The SMILES string of the molecule is C=CC(=O)N[C@H]1CCc2cc(-c3c(-c4ccc(Oc5nccc(C)n5)cc4)c4c(N)ncnc4n3C)ccc21. The fraction of sp³-hybridized carbons (Fsp3) is 0.167. The Morgan fingerprint density at radius 1 is 1.13 bits per heavy atom. The number of aryl methyl sites for hydroxylation is 3. The molecule has 2 aromatic carbocycles. The van der Waals surface area contributed by atoms with Gasteiger partial charge in [-0.3, -0.25) is 4.79 Å². The van der Waals surface area contributed by atoms with E-state index < -0.39 is 0 Å². The smallest absolute Gasteiger partial charge is 0.322 e. The predicted octanol–water partition coefficient (Wildman–Crippen LogP) is 5.06. The van der Waals surface area contributed by atoms with Gasteiger partial charge in [0.25, 0.3) is 0 Å². The van der Waals surface area contributed by atoms with Gasteiger partial charge in [0, 0.05) is 24.5 Å². The maximum Gasteiger partial charge on any atom is 0.322 e. The summed E-state index contributed by atoms with van der Waals surface area (Å²) in [7, 11) is 1.99. The van der Waals surface area contributed by atoms with Crippen molar-refractivity contribution in [2.45, 2.75) is 25.8 Å². The van der Waals surface area contributed by atoms with E-state index in [2.05, 4.69) is 54.6 Å². The number of nitrogen functional groups attached to an aromatic ring is 1. The molecule has 0 fully saturated rings. The second-order valence-corrected chi connectivity index (χ2v) is 9.56. The van der Waals surface area contributed by atoms with Crippen molar-refractivity contribution in [3.8, 4) is 34.1 Å². The minimum Gasteiger partial charge on any atom is -0.424 e. The first-order chi connectivity index (χ1) is 18.9. The van der Waals surface area contributed by atoms with E-state index in [0.29, 0.717) is 17.6 Å². The van der Waals surface area contributed by atoms with Crippen molar-refractivity contribution in [1.29, 1.82) is 0 Å². The quantitative estimate of drug-likeness (QED) is 0.302. The van der Waals surface area contributed by atoms with Crippen molar-refractivity contribution in [2.75, 3.05) is 5.73 Å². The van der Waals surface area contributed by atoms with Crippen molar-refractivity contribution in [3.63, 3.8) is 0 Å². The first kappa shape index (κ1) is 24.3. The number of benzene rings is 2. The zero-order valence-electron chi connectivity index (χ0n) is 21.7. The first-order valence-corrected chi connectivity index (χ1v) is 12.7. The third-order valence-corrected chi connectivity index (χ3v) is 7.12. The Kier molecular flexibility index (Phi) is 6.03. The monoisotopic (exact) mass is 517 g/mol. The molecule has 194 valence electrons. The molecule has 1 amide bonds. The van der Waals surface area contributed by atoms with E-state index in [-0.39, 0.29) is 11.9 Å². The number of rotatable bonds is 6. The summed E-state index contributed by atoms with van der Waals surface area (Å²) in [6.07, 6.45) is 6.19. The van der Waals surface area contributed by atoms with E-state index in [1.165, 1.54) is 18.0 Å². The van der Waals surface area contributed by atoms with Gasteiger partial charge in [-0.15, -0.1) is 0 Å². The van der Waals surface area contributed by atoms with Gasteiger partial charge in [0.1, 0.15) is 23.5 Å². The van der Waals surface area contributed by atoms with Gasteiger partial charge in [-0.05, 0) is 72.4 Å². The van der Waals surface area contributed by atoms with Crippen LogP contribution in [0.1, 0.15) is 29.3 Å². The molecular formula is C30H27N7O2. The largest absolute Gasteiger partial charge is 0.424 e. The molecule has 0 saturated carbocycles. The third kappa shape index (κ3) is 4.37. The lowest BCUT2D eigenvalue weighted by Crippen LogP contribution is -2.24. The van der Waals surface area contributed by atoms with Gasteiger partial charge in [-0.2, -0.15) is 0 Å². The molecule has 0 unspecified atom stereocenters. The van der Waals surface area contributed by atoms with E-state index in [9.17, 15) is 4.79 Å². The molecule has 3 heterocycles. The van der Waals surface area contributed by atoms with Gasteiger partial charge in [-0.25, -0.2) is 19.9 Å². The zero-order valence-corrected chi connectivity index (χ0v) is 21.7. The van der Waals surface area contributed by atoms with Crippen LogP contribution in [0.15, 0.2) is 73.7 Å². The Balaban J connectivity index is 1.44. The average molecular weight is 518 g/mol. The second-order valence-electron chi connectivity index (χ2n) is 9.56. The summed E-state index contributed by atoms with van der Waals surface area (Å²) in [5.41, 5.74) is 14.2. The number of aromatic nitrogens is 5. The van der Waals surface area contributed by atoms with Gasteiger partial charge in [0.2, 0.25) is 5.91 Å². The number of amides is 1. The van der Waals surface area contributed by atoms with Crippen molar-refractivity contribution in [2.24, 2.45) is 7.05 Å². The maximum atomic E-state index is 11.9. The van der Waals surface area contributed by atoms with E-state index in [1.807, 2.05) is 44.3 Å². The highest BCUT2D eigenvalue weighted by Crippen LogP contribution is 2.43. The Morgan fingerprint density at radius 2 is 1.92 bits per heavy atom. The normalized spacial score (nSPS) is 14.3. The van der Waals surface area contributed by atoms with Gasteiger partial charge < -0.3 is 20.4 Å². The van der Waals surface area contributed by atoms with Gasteiger partial charge in [-0.1, -0.05) is 30.8 Å². The molecule has 0 aliphatic heterocycles. The fourth-order valence-electron chi connectivity index (χ4n) is 5.31. The van der Waals surface area contributed by atoms with Gasteiger partial charge in [0.05, 0.1) is 17.1 Å². The number of ether oxygens (including phenoxy) is 1. The van der Waals surface area contributed by atoms with Gasteiger partial charge in [0.15, 0.2) is 0 Å². The summed E-state index contributed by atoms with van der Waals surface area (Å²) in [5, 5.41) is 3.82. The number of hydrogen-bond acceptors (Lipinski definition) is 7. The lowest BCUT2D eigenvalue weighted by molar-refractivity contribution is -0.117. The predicted molar refractivity (Wildman–Crippen MR) is 150 cm³/mol. The van der Waals surface area contributed by atoms with Crippen LogP contribution in [0.4, 0.5) is 5.82 Å². The molecule has 6 rings (SSSR count). The first-order valence-electron chi connectivity index (χ1n) is 12.7. The van der Waals surface area contributed by atoms with Crippen LogP contribution in [0, 0.1) is 6.92 Å². The molecule has 0 radical (unpaired) electrons. The minimum absolute atomic E-state index is 0.0158. The highest BCUT2D eigenvalue weighted by Gasteiger charge is 2.26. The van der Waals surface area contributed by atoms with Crippen molar-refractivity contribution in [1.82, 2.24) is 29.8 Å². The molecular weight excluding hydrogens is 490 g/mol. The second kappa shape index (κ2) is 9.68. The molecule has 3 aromatic heterocycles. The average Bonchev–Trinajstić information content (AvgIpc) is 3.47. The number of nitrogens with two attached hydrogens (primary N) is 1. The molecule has 9 heteroatoms. The standard InChI is InChI=1S/C30H27N7O2/c1-4-24(38)36-23-12-8-19-15-20(7-11-22(19)23)27-25(26-28(31)33-16-34-29(26)37(27)3)18-5-9-21(10-6-18)39-30-32-14-13-17(2)35-30/h4-7,9-11,13-16,23H,1,8,12H2,2-3H3,(H,36,38)(H2,31,33,34)/t23-/m0/s1. The lowest BCUT2D eigenvalue weighted by Gasteiger charge is -2.14. The molecule has 0 spiro atoms. The summed E-state index contributed by atoms with van der Waals surface area (Å²) in [6, 6.07) is 16.2. The van der Waals surface area contributed by atoms with Crippen molar-refractivity contribution in [3.05, 3.63) is 90.5 Å². The highest BCUT2D eigenvalue weighted by atomic mass is 16.5. The highest BCUT2D eigenvalue weighted by molar-refractivity contribution is 6.07. The maximum absolute atomic E-state index is 11.9. The van der Waals surface area contributed by atoms with Crippen LogP contribution in [-0.4, -0.2) is 30.4 Å². The fourth-order valence-corrected chi connectivity index (χ4v) is 5.31. The number of carbonyl (C=O) groups excluding carboxylic acids is 1. The van der Waals surface area contributed by atoms with Crippen LogP contribution < -0.4 is 15.8 Å². The Bertz CT molecular complexity index is 1740. The molecule has 3 N–H and O–H groups in total. The topological polar surface area (TPSA) is 121 Å². The molecule has 1 atom stereocenters. The van der Waals surface area contributed by atoms with Crippen LogP contribution >= 0.6 is 0 Å². The zero-order chi connectivity index (χ0) is 27.1. The summed E-state index contributed by atoms with van der Waals surface area (Å²) < 4.78 is 7.92. The third-order valence-electron chi connectivity index (χ3n) is 7.12. The molecule has 39 heavy (non-hydrogen) atoms. The number of nitrogens with zero attached hydrogens (tertiary/aromatic N) is 5. The number of fused-ring (bicyclic) bond motifs is 2. The lowest BCUT2D eigenvalue weighted by atomic mass is 9.96. The number of carbonyl (C=O) groups is 1. The number of nitrogens with one attached hydrogen (secondary N) is 1. The van der Waals surface area contributed by atoms with E-state index in [1.54, 1.807) is 6.20 Å². The number of anilines is 1. The minimum atomic E-state index is -0.164. The van der Waals surface area contributed by atoms with Crippen LogP contribution in [0.3, 0.4) is 0 Å². The molecule has 5 aromatic rings. The van der Waals surface area contributed by atoms with Crippen molar-refractivity contribution >= 4 is 22.8 Å². The molecule has 0 saturated heterocycles. The molecule has 9 nitrogen and oxygen atoms in total. The summed E-state index contributed by atoms with van der Waals surface area (Å²) in [5.74, 6) is 0.877. The van der Waals surface area contributed by atoms with E-state index in [0.717, 1.165) is 57.5 Å². The van der Waals surface area contributed by atoms with Crippen molar-refractivity contribution < 1.29 is 9.53 Å². The van der Waals surface area contributed by atoms with Crippen LogP contribution in [0.25, 0.3) is 33.4 Å². The molecule has 1 aliphatic rings. The van der Waals surface area contributed by atoms with Crippen LogP contribution in [-0.2, 0) is 18.3 Å². The summed E-state index contributed by atoms with van der Waals surface area (Å²) in [4.78, 5) is 29.3. The van der Waals surface area contributed by atoms with Gasteiger partial charge >= 0.3 is 6.01 Å². The molecule has 1 aliphatic carbocycles. The summed E-state index contributed by atoms with van der Waals surface area (Å²) >= 11 is 0. The van der Waals surface area contributed by atoms with Crippen LogP contribution in [0.2, 0.25) is 0 Å². The summed E-state index contributed by atoms with van der Waals surface area (Å²) in [6.45, 7) is 5.46. The van der Waals surface area contributed by atoms with E-state index in [4.69, 9.17) is 10.5 Å².